The first-order chi connectivity index (χ1) is 13.6. The van der Waals surface area contributed by atoms with E-state index in [1.807, 2.05) is 24.3 Å². The number of carbonyl (C=O) groups is 1. The van der Waals surface area contributed by atoms with E-state index in [1.54, 1.807) is 0 Å². The van der Waals surface area contributed by atoms with Crippen molar-refractivity contribution in [3.63, 3.8) is 0 Å². The first-order valence-electron chi connectivity index (χ1n) is 11.3. The SMILES string of the molecule is CCCCCC[C@]1(C#N)CC[C@H](OC(=O)c2ccc(CCCCC)cc2)CC1. The molecule has 0 radical (unpaired) electrons. The summed E-state index contributed by atoms with van der Waals surface area (Å²) in [6.07, 6.45) is 13.8. The quantitative estimate of drug-likeness (QED) is 0.305. The topological polar surface area (TPSA) is 50.1 Å². The van der Waals surface area contributed by atoms with Crippen molar-refractivity contribution in [1.82, 2.24) is 0 Å². The lowest BCUT2D eigenvalue weighted by atomic mass is 9.71. The molecule has 0 aliphatic heterocycles. The lowest BCUT2D eigenvalue weighted by Crippen LogP contribution is -2.31. The largest absolute Gasteiger partial charge is 0.459 e. The second-order valence-electron chi connectivity index (χ2n) is 8.46. The highest BCUT2D eigenvalue weighted by atomic mass is 16.5. The summed E-state index contributed by atoms with van der Waals surface area (Å²) in [6.45, 7) is 4.41. The molecule has 3 heteroatoms. The maximum atomic E-state index is 12.5. The summed E-state index contributed by atoms with van der Waals surface area (Å²) >= 11 is 0. The minimum absolute atomic E-state index is 0.0474. The van der Waals surface area contributed by atoms with Gasteiger partial charge in [0.25, 0.3) is 0 Å². The highest BCUT2D eigenvalue weighted by Gasteiger charge is 2.36. The van der Waals surface area contributed by atoms with Crippen LogP contribution in [-0.2, 0) is 11.2 Å². The fourth-order valence-electron chi connectivity index (χ4n) is 4.18. The molecule has 2 rings (SSSR count). The van der Waals surface area contributed by atoms with E-state index in [0.717, 1.165) is 44.9 Å². The molecule has 1 aromatic rings. The van der Waals surface area contributed by atoms with E-state index >= 15 is 0 Å². The van der Waals surface area contributed by atoms with Crippen molar-refractivity contribution in [2.45, 2.75) is 103 Å². The molecule has 1 saturated carbocycles. The smallest absolute Gasteiger partial charge is 0.338 e. The Kier molecular flexibility index (Phi) is 9.55. The molecule has 0 saturated heterocycles. The summed E-state index contributed by atoms with van der Waals surface area (Å²) < 4.78 is 5.75. The van der Waals surface area contributed by atoms with Crippen molar-refractivity contribution < 1.29 is 9.53 Å². The first kappa shape index (κ1) is 22.5. The number of carbonyl (C=O) groups excluding carboxylic acids is 1. The van der Waals surface area contributed by atoms with E-state index in [2.05, 4.69) is 19.9 Å². The Balaban J connectivity index is 1.78. The number of aryl methyl sites for hydroxylation is 1. The van der Waals surface area contributed by atoms with Crippen molar-refractivity contribution in [1.29, 1.82) is 5.26 Å². The molecule has 0 amide bonds. The van der Waals surface area contributed by atoms with Crippen LogP contribution in [0.2, 0.25) is 0 Å². The molecule has 0 N–H and O–H groups in total. The minimum Gasteiger partial charge on any atom is -0.459 e. The molecule has 0 heterocycles. The fraction of sp³-hybridized carbons (Fsp3) is 0.680. The third kappa shape index (κ3) is 6.97. The number of nitrogens with zero attached hydrogens (tertiary/aromatic N) is 1. The number of hydrogen-bond acceptors (Lipinski definition) is 3. The highest BCUT2D eigenvalue weighted by molar-refractivity contribution is 5.89. The molecule has 1 fully saturated rings. The van der Waals surface area contributed by atoms with Crippen LogP contribution in [0.4, 0.5) is 0 Å². The van der Waals surface area contributed by atoms with Gasteiger partial charge in [-0.1, -0.05) is 64.5 Å². The van der Waals surface area contributed by atoms with Gasteiger partial charge in [-0.05, 0) is 62.6 Å². The van der Waals surface area contributed by atoms with E-state index < -0.39 is 0 Å². The molecular weight excluding hydrogens is 346 g/mol. The predicted octanol–water partition coefficient (Wildman–Crippen LogP) is 7.00. The van der Waals surface area contributed by atoms with Crippen molar-refractivity contribution in [3.05, 3.63) is 35.4 Å². The highest BCUT2D eigenvalue weighted by Crippen LogP contribution is 2.41. The van der Waals surface area contributed by atoms with Gasteiger partial charge in [0.05, 0.1) is 17.0 Å². The summed E-state index contributed by atoms with van der Waals surface area (Å²) in [5.74, 6) is -0.225. The number of rotatable bonds is 11. The molecule has 0 unspecified atom stereocenters. The summed E-state index contributed by atoms with van der Waals surface area (Å²) in [6, 6.07) is 10.5. The minimum atomic E-state index is -0.225. The molecule has 154 valence electrons. The zero-order chi connectivity index (χ0) is 20.2. The van der Waals surface area contributed by atoms with Crippen LogP contribution in [0.1, 0.15) is 107 Å². The van der Waals surface area contributed by atoms with Gasteiger partial charge in [0.1, 0.15) is 6.10 Å². The Bertz CT molecular complexity index is 621. The summed E-state index contributed by atoms with van der Waals surface area (Å²) in [5.41, 5.74) is 1.72. The number of benzene rings is 1. The second-order valence-corrected chi connectivity index (χ2v) is 8.46. The van der Waals surface area contributed by atoms with Crippen LogP contribution in [0.3, 0.4) is 0 Å². The van der Waals surface area contributed by atoms with E-state index in [1.165, 1.54) is 44.1 Å². The maximum Gasteiger partial charge on any atom is 0.338 e. The van der Waals surface area contributed by atoms with Gasteiger partial charge in [-0.2, -0.15) is 5.26 Å². The average molecular weight is 384 g/mol. The second kappa shape index (κ2) is 11.9. The molecule has 0 atom stereocenters. The average Bonchev–Trinajstić information content (AvgIpc) is 2.73. The Morgan fingerprint density at radius 3 is 2.29 bits per heavy atom. The van der Waals surface area contributed by atoms with Gasteiger partial charge < -0.3 is 4.74 Å². The molecule has 1 aromatic carbocycles. The Labute approximate surface area is 171 Å². The van der Waals surface area contributed by atoms with Gasteiger partial charge in [-0.3, -0.25) is 0 Å². The first-order valence-corrected chi connectivity index (χ1v) is 11.3. The van der Waals surface area contributed by atoms with Crippen molar-refractivity contribution in [2.75, 3.05) is 0 Å². The molecule has 28 heavy (non-hydrogen) atoms. The van der Waals surface area contributed by atoms with Gasteiger partial charge >= 0.3 is 5.97 Å². The molecular formula is C25H37NO2. The number of esters is 1. The normalized spacial score (nSPS) is 21.8. The van der Waals surface area contributed by atoms with Crippen molar-refractivity contribution >= 4 is 5.97 Å². The molecule has 0 bridgehead atoms. The number of unbranched alkanes of at least 4 members (excludes halogenated alkanes) is 5. The monoisotopic (exact) mass is 383 g/mol. The predicted molar refractivity (Wildman–Crippen MR) is 114 cm³/mol. The summed E-state index contributed by atoms with van der Waals surface area (Å²) in [4.78, 5) is 12.5. The third-order valence-electron chi connectivity index (χ3n) is 6.17. The van der Waals surface area contributed by atoms with E-state index in [-0.39, 0.29) is 17.5 Å². The van der Waals surface area contributed by atoms with Crippen LogP contribution in [0.15, 0.2) is 24.3 Å². The van der Waals surface area contributed by atoms with Crippen molar-refractivity contribution in [3.8, 4) is 6.07 Å². The van der Waals surface area contributed by atoms with Crippen LogP contribution in [-0.4, -0.2) is 12.1 Å². The summed E-state index contributed by atoms with van der Waals surface area (Å²) in [7, 11) is 0. The standard InChI is InChI=1S/C25H37NO2/c1-3-5-7-9-17-25(20-26)18-15-23(16-19-25)28-24(27)22-13-11-21(12-14-22)10-8-6-4-2/h11-14,23H,3-10,15-19H2,1-2H3/t23-,25-. The van der Waals surface area contributed by atoms with Crippen LogP contribution in [0.25, 0.3) is 0 Å². The van der Waals surface area contributed by atoms with E-state index in [4.69, 9.17) is 4.74 Å². The van der Waals surface area contributed by atoms with Crippen LogP contribution >= 0.6 is 0 Å². The van der Waals surface area contributed by atoms with Gasteiger partial charge in [-0.25, -0.2) is 4.79 Å². The van der Waals surface area contributed by atoms with Gasteiger partial charge in [0.15, 0.2) is 0 Å². The van der Waals surface area contributed by atoms with Gasteiger partial charge in [0, 0.05) is 0 Å². The van der Waals surface area contributed by atoms with Crippen LogP contribution in [0.5, 0.6) is 0 Å². The molecule has 3 nitrogen and oxygen atoms in total. The molecule has 1 aliphatic carbocycles. The van der Waals surface area contributed by atoms with Crippen molar-refractivity contribution in [2.24, 2.45) is 5.41 Å². The van der Waals surface area contributed by atoms with Crippen LogP contribution in [0, 0.1) is 16.7 Å². The molecule has 1 aliphatic rings. The van der Waals surface area contributed by atoms with E-state index in [9.17, 15) is 10.1 Å². The third-order valence-corrected chi connectivity index (χ3v) is 6.17. The summed E-state index contributed by atoms with van der Waals surface area (Å²) in [5, 5.41) is 9.69. The van der Waals surface area contributed by atoms with Crippen LogP contribution < -0.4 is 0 Å². The molecule has 0 aromatic heterocycles. The zero-order valence-corrected chi connectivity index (χ0v) is 17.8. The Morgan fingerprint density at radius 2 is 1.68 bits per heavy atom. The Hall–Kier alpha value is -1.82. The maximum absolute atomic E-state index is 12.5. The number of ether oxygens (including phenoxy) is 1. The molecule has 0 spiro atoms. The zero-order valence-electron chi connectivity index (χ0n) is 17.8. The number of hydrogen-bond donors (Lipinski definition) is 0. The number of nitriles is 1. The fourth-order valence-corrected chi connectivity index (χ4v) is 4.18. The van der Waals surface area contributed by atoms with E-state index in [0.29, 0.717) is 5.56 Å². The lowest BCUT2D eigenvalue weighted by molar-refractivity contribution is 0.0105. The van der Waals surface area contributed by atoms with Gasteiger partial charge in [-0.15, -0.1) is 0 Å². The van der Waals surface area contributed by atoms with Gasteiger partial charge in [0.2, 0.25) is 0 Å². The lowest BCUT2D eigenvalue weighted by Gasteiger charge is -2.34. The Morgan fingerprint density at radius 1 is 1.04 bits per heavy atom.